The maximum atomic E-state index is 13.3. The van der Waals surface area contributed by atoms with Crippen molar-refractivity contribution in [2.75, 3.05) is 49.7 Å². The maximum Gasteiger partial charge on any atom is 0.255 e. The van der Waals surface area contributed by atoms with Gasteiger partial charge in [0.05, 0.1) is 31.2 Å². The molecule has 0 saturated carbocycles. The van der Waals surface area contributed by atoms with Crippen LogP contribution in [0, 0.1) is 0 Å². The lowest BCUT2D eigenvalue weighted by atomic mass is 9.93. The molecule has 0 atom stereocenters. The molecule has 0 fully saturated rings. The first-order valence-corrected chi connectivity index (χ1v) is 14.5. The normalized spacial score (nSPS) is 15.5. The van der Waals surface area contributed by atoms with E-state index in [0.717, 1.165) is 28.2 Å². The van der Waals surface area contributed by atoms with Crippen LogP contribution in [0.1, 0.15) is 29.8 Å². The Kier molecular flexibility index (Phi) is 8.77. The molecule has 0 aliphatic carbocycles. The first-order valence-electron chi connectivity index (χ1n) is 14.5. The number of rotatable bonds is 9. The van der Waals surface area contributed by atoms with Crippen molar-refractivity contribution in [2.45, 2.75) is 25.8 Å². The van der Waals surface area contributed by atoms with E-state index in [1.54, 1.807) is 41.2 Å². The van der Waals surface area contributed by atoms with Gasteiger partial charge in [-0.15, -0.1) is 0 Å². The molecule has 44 heavy (non-hydrogen) atoms. The molecule has 3 heterocycles. The number of carbonyl (C=O) groups is 3. The van der Waals surface area contributed by atoms with Gasteiger partial charge in [0.25, 0.3) is 5.91 Å². The zero-order valence-corrected chi connectivity index (χ0v) is 25.7. The maximum absolute atomic E-state index is 13.3. The van der Waals surface area contributed by atoms with Gasteiger partial charge in [-0.25, -0.2) is 0 Å². The summed E-state index contributed by atoms with van der Waals surface area (Å²) in [7, 11) is 5.69. The summed E-state index contributed by atoms with van der Waals surface area (Å²) in [6.45, 7) is 5.80. The lowest BCUT2D eigenvalue weighted by Gasteiger charge is -2.34. The number of amides is 3. The SMILES string of the molecule is CN(C)C/C=C/C(=O)Nc1ccc(C(=O)Nc2cccc(NC3=NCC4=C3CN(C(=O)Cc3cnn(C)c3)C4(C)C)c2)cc1. The van der Waals surface area contributed by atoms with E-state index in [1.165, 1.54) is 6.08 Å². The Morgan fingerprint density at radius 1 is 1.02 bits per heavy atom. The van der Waals surface area contributed by atoms with Crippen molar-refractivity contribution in [2.24, 2.45) is 12.0 Å². The molecule has 2 aliphatic heterocycles. The fourth-order valence-electron chi connectivity index (χ4n) is 5.37. The van der Waals surface area contributed by atoms with E-state index < -0.39 is 5.54 Å². The molecular formula is C33H38N8O3. The standard InChI is InChI=1S/C33H38N8O3/c1-33(2)28-19-34-31(27(28)21-41(33)30(43)16-22-18-35-40(5)20-22)37-25-8-6-9-26(17-25)38-32(44)23-11-13-24(14-12-23)36-29(42)10-7-15-39(3)4/h6-14,17-18,20H,15-16,19,21H2,1-5H3,(H,34,37)(H,36,42)(H,38,44)/b10-7+. The molecule has 2 aliphatic rings. The van der Waals surface area contributed by atoms with E-state index in [0.29, 0.717) is 43.0 Å². The number of nitrogens with zero attached hydrogens (tertiary/aromatic N) is 5. The molecule has 11 nitrogen and oxygen atoms in total. The van der Waals surface area contributed by atoms with Crippen LogP contribution < -0.4 is 16.0 Å². The number of hydrogen-bond donors (Lipinski definition) is 3. The minimum absolute atomic E-state index is 0.0497. The van der Waals surface area contributed by atoms with Gasteiger partial charge >= 0.3 is 0 Å². The van der Waals surface area contributed by atoms with Crippen LogP contribution in [0.2, 0.25) is 0 Å². The number of amidine groups is 1. The van der Waals surface area contributed by atoms with Crippen molar-refractivity contribution >= 4 is 40.6 Å². The second-order valence-electron chi connectivity index (χ2n) is 11.8. The van der Waals surface area contributed by atoms with E-state index >= 15 is 0 Å². The van der Waals surface area contributed by atoms with Gasteiger partial charge in [0.1, 0.15) is 5.84 Å². The molecule has 0 spiro atoms. The Balaban J connectivity index is 1.19. The van der Waals surface area contributed by atoms with E-state index in [1.807, 2.05) is 61.4 Å². The Bertz CT molecular complexity index is 1660. The van der Waals surface area contributed by atoms with Crippen molar-refractivity contribution in [3.05, 3.63) is 95.3 Å². The van der Waals surface area contributed by atoms with Gasteiger partial charge < -0.3 is 25.8 Å². The first kappa shape index (κ1) is 30.4. The summed E-state index contributed by atoms with van der Waals surface area (Å²) in [5.41, 5.74) is 5.06. The van der Waals surface area contributed by atoms with Crippen molar-refractivity contribution < 1.29 is 14.4 Å². The number of hydrogen-bond acceptors (Lipinski definition) is 7. The summed E-state index contributed by atoms with van der Waals surface area (Å²) in [4.78, 5) is 46.9. The highest BCUT2D eigenvalue weighted by molar-refractivity contribution is 6.12. The average molecular weight is 595 g/mol. The summed E-state index contributed by atoms with van der Waals surface area (Å²) in [5, 5.41) is 13.3. The molecule has 228 valence electrons. The Labute approximate surface area is 257 Å². The fourth-order valence-corrected chi connectivity index (χ4v) is 5.37. The first-order chi connectivity index (χ1) is 21.0. The lowest BCUT2D eigenvalue weighted by Crippen LogP contribution is -2.46. The van der Waals surface area contributed by atoms with E-state index in [2.05, 4.69) is 34.9 Å². The van der Waals surface area contributed by atoms with Crippen molar-refractivity contribution in [3.8, 4) is 0 Å². The summed E-state index contributed by atoms with van der Waals surface area (Å²) >= 11 is 0. The largest absolute Gasteiger partial charge is 0.340 e. The van der Waals surface area contributed by atoms with Crippen LogP contribution in [0.15, 0.2) is 89.2 Å². The number of benzene rings is 2. The van der Waals surface area contributed by atoms with Crippen LogP contribution in [0.4, 0.5) is 17.1 Å². The fraction of sp³-hybridized carbons (Fsp3) is 0.303. The third-order valence-electron chi connectivity index (χ3n) is 7.73. The highest BCUT2D eigenvalue weighted by atomic mass is 16.2. The third kappa shape index (κ3) is 6.95. The van der Waals surface area contributed by atoms with Gasteiger partial charge in [-0.3, -0.25) is 24.1 Å². The molecule has 2 aromatic carbocycles. The Hall–Kier alpha value is -5.03. The molecule has 0 bridgehead atoms. The van der Waals surface area contributed by atoms with Crippen LogP contribution in [0.25, 0.3) is 0 Å². The summed E-state index contributed by atoms with van der Waals surface area (Å²) in [5.74, 6) is 0.291. The molecular weight excluding hydrogens is 556 g/mol. The van der Waals surface area contributed by atoms with Crippen molar-refractivity contribution in [1.29, 1.82) is 0 Å². The molecule has 3 amide bonds. The number of aromatic nitrogens is 2. The molecule has 11 heteroatoms. The second-order valence-corrected chi connectivity index (χ2v) is 11.8. The zero-order chi connectivity index (χ0) is 31.4. The van der Waals surface area contributed by atoms with Crippen molar-refractivity contribution in [1.82, 2.24) is 19.6 Å². The van der Waals surface area contributed by atoms with E-state index in [-0.39, 0.29) is 17.7 Å². The summed E-state index contributed by atoms with van der Waals surface area (Å²) < 4.78 is 1.70. The van der Waals surface area contributed by atoms with E-state index in [4.69, 9.17) is 4.99 Å². The summed E-state index contributed by atoms with van der Waals surface area (Å²) in [6.07, 6.45) is 7.16. The number of anilines is 3. The number of likely N-dealkylation sites (N-methyl/N-ethyl adjacent to an activating group) is 1. The van der Waals surface area contributed by atoms with Gasteiger partial charge in [0.15, 0.2) is 0 Å². The van der Waals surface area contributed by atoms with Gasteiger partial charge in [0.2, 0.25) is 11.8 Å². The molecule has 3 aromatic rings. The summed E-state index contributed by atoms with van der Waals surface area (Å²) in [6, 6.07) is 14.2. The predicted octanol–water partition coefficient (Wildman–Crippen LogP) is 3.71. The second kappa shape index (κ2) is 12.7. The lowest BCUT2D eigenvalue weighted by molar-refractivity contribution is -0.133. The molecule has 5 rings (SSSR count). The van der Waals surface area contributed by atoms with Gasteiger partial charge in [-0.2, -0.15) is 5.10 Å². The monoisotopic (exact) mass is 594 g/mol. The van der Waals surface area contributed by atoms with Gasteiger partial charge in [-0.05, 0) is 81.5 Å². The molecule has 3 N–H and O–H groups in total. The molecule has 1 aromatic heterocycles. The molecule has 0 unspecified atom stereocenters. The molecule has 0 radical (unpaired) electrons. The number of aryl methyl sites for hydroxylation is 1. The highest BCUT2D eigenvalue weighted by Gasteiger charge is 2.45. The number of carbonyl (C=O) groups excluding carboxylic acids is 3. The average Bonchev–Trinajstić information content (AvgIpc) is 3.64. The van der Waals surface area contributed by atoms with Crippen LogP contribution >= 0.6 is 0 Å². The highest BCUT2D eigenvalue weighted by Crippen LogP contribution is 2.38. The number of nitrogens with one attached hydrogen (secondary N) is 3. The predicted molar refractivity (Wildman–Crippen MR) is 173 cm³/mol. The van der Waals surface area contributed by atoms with Crippen LogP contribution in [0.5, 0.6) is 0 Å². The smallest absolute Gasteiger partial charge is 0.255 e. The Morgan fingerprint density at radius 3 is 2.48 bits per heavy atom. The topological polar surface area (TPSA) is 124 Å². The van der Waals surface area contributed by atoms with Gasteiger partial charge in [0, 0.05) is 54.1 Å². The minimum Gasteiger partial charge on any atom is -0.340 e. The van der Waals surface area contributed by atoms with Gasteiger partial charge in [-0.1, -0.05) is 12.1 Å². The molecule has 0 saturated heterocycles. The van der Waals surface area contributed by atoms with Crippen molar-refractivity contribution in [3.63, 3.8) is 0 Å². The minimum atomic E-state index is -0.446. The van der Waals surface area contributed by atoms with E-state index in [9.17, 15) is 14.4 Å². The third-order valence-corrected chi connectivity index (χ3v) is 7.73. The zero-order valence-electron chi connectivity index (χ0n) is 25.7. The number of aliphatic imine (C=N–C) groups is 1. The quantitative estimate of drug-likeness (QED) is 0.325. The van der Waals surface area contributed by atoms with Crippen LogP contribution in [-0.4, -0.2) is 82.4 Å². The Morgan fingerprint density at radius 2 is 1.77 bits per heavy atom. The van der Waals surface area contributed by atoms with Crippen LogP contribution in [0.3, 0.4) is 0 Å². The van der Waals surface area contributed by atoms with Crippen LogP contribution in [-0.2, 0) is 23.1 Å².